The largest absolute Gasteiger partial charge is 0.330 e. The van der Waals surface area contributed by atoms with Crippen LogP contribution in [0.4, 0.5) is 0 Å². The summed E-state index contributed by atoms with van der Waals surface area (Å²) in [5.41, 5.74) is 1.41. The summed E-state index contributed by atoms with van der Waals surface area (Å²) in [5, 5.41) is 4.04. The molecule has 0 spiro atoms. The van der Waals surface area contributed by atoms with E-state index in [1.165, 1.54) is 11.0 Å². The quantitative estimate of drug-likeness (QED) is 0.719. The SMILES string of the molecule is CC(C)N(Cc1ccccn1)C(=O)c1ccnc(-n2cncn2)c1. The van der Waals surface area contributed by atoms with Gasteiger partial charge in [-0.05, 0) is 38.1 Å². The van der Waals surface area contributed by atoms with Crippen molar-refractivity contribution in [3.05, 3.63) is 66.6 Å². The standard InChI is InChI=1S/C17H18N6O/c1-13(2)22(10-15-5-3-4-7-19-15)17(24)14-6-8-20-16(9-14)23-12-18-11-21-23/h3-9,11-13H,10H2,1-2H3. The maximum absolute atomic E-state index is 12.9. The average molecular weight is 322 g/mol. The van der Waals surface area contributed by atoms with E-state index in [2.05, 4.69) is 20.1 Å². The van der Waals surface area contributed by atoms with Crippen LogP contribution in [0.25, 0.3) is 5.82 Å². The van der Waals surface area contributed by atoms with Crippen molar-refractivity contribution in [1.29, 1.82) is 0 Å². The fourth-order valence-corrected chi connectivity index (χ4v) is 2.32. The highest BCUT2D eigenvalue weighted by Gasteiger charge is 2.20. The summed E-state index contributed by atoms with van der Waals surface area (Å²) in [5.74, 6) is 0.485. The van der Waals surface area contributed by atoms with Crippen LogP contribution in [0.1, 0.15) is 29.9 Å². The van der Waals surface area contributed by atoms with Crippen molar-refractivity contribution < 1.29 is 4.79 Å². The summed E-state index contributed by atoms with van der Waals surface area (Å²) in [6, 6.07) is 9.15. The van der Waals surface area contributed by atoms with Gasteiger partial charge in [0.15, 0.2) is 5.82 Å². The Morgan fingerprint density at radius 2 is 2.08 bits per heavy atom. The van der Waals surface area contributed by atoms with Crippen LogP contribution in [-0.2, 0) is 6.54 Å². The number of amides is 1. The molecule has 0 atom stereocenters. The van der Waals surface area contributed by atoms with E-state index in [1.54, 1.807) is 35.8 Å². The molecule has 0 radical (unpaired) electrons. The van der Waals surface area contributed by atoms with E-state index in [0.717, 1.165) is 5.69 Å². The third-order valence-corrected chi connectivity index (χ3v) is 3.59. The molecular weight excluding hydrogens is 304 g/mol. The molecule has 0 aromatic carbocycles. The third-order valence-electron chi connectivity index (χ3n) is 3.59. The van der Waals surface area contributed by atoms with Gasteiger partial charge >= 0.3 is 0 Å². The minimum Gasteiger partial charge on any atom is -0.330 e. The fourth-order valence-electron chi connectivity index (χ4n) is 2.32. The maximum Gasteiger partial charge on any atom is 0.254 e. The van der Waals surface area contributed by atoms with Crippen molar-refractivity contribution in [2.24, 2.45) is 0 Å². The molecule has 0 aliphatic carbocycles. The molecule has 3 aromatic rings. The van der Waals surface area contributed by atoms with E-state index < -0.39 is 0 Å². The van der Waals surface area contributed by atoms with Crippen LogP contribution in [0.5, 0.6) is 0 Å². The molecule has 3 aromatic heterocycles. The van der Waals surface area contributed by atoms with E-state index in [-0.39, 0.29) is 11.9 Å². The molecule has 7 nitrogen and oxygen atoms in total. The van der Waals surface area contributed by atoms with Crippen LogP contribution < -0.4 is 0 Å². The molecule has 3 heterocycles. The van der Waals surface area contributed by atoms with E-state index in [4.69, 9.17) is 0 Å². The summed E-state index contributed by atoms with van der Waals surface area (Å²) in [4.78, 5) is 27.2. The molecule has 0 aliphatic heterocycles. The van der Waals surface area contributed by atoms with E-state index in [1.807, 2.05) is 32.0 Å². The number of hydrogen-bond acceptors (Lipinski definition) is 5. The van der Waals surface area contributed by atoms with Gasteiger partial charge in [-0.3, -0.25) is 9.78 Å². The number of aromatic nitrogens is 5. The molecule has 0 fully saturated rings. The summed E-state index contributed by atoms with van der Waals surface area (Å²) < 4.78 is 1.52. The van der Waals surface area contributed by atoms with E-state index in [0.29, 0.717) is 17.9 Å². The van der Waals surface area contributed by atoms with E-state index in [9.17, 15) is 4.79 Å². The lowest BCUT2D eigenvalue weighted by Gasteiger charge is -2.26. The molecule has 0 unspecified atom stereocenters. The zero-order valence-corrected chi connectivity index (χ0v) is 13.6. The number of hydrogen-bond donors (Lipinski definition) is 0. The molecule has 1 amide bonds. The first kappa shape index (κ1) is 15.8. The normalized spacial score (nSPS) is 10.8. The van der Waals surface area contributed by atoms with E-state index >= 15 is 0 Å². The predicted molar refractivity (Wildman–Crippen MR) is 88.4 cm³/mol. The first-order valence-electron chi connectivity index (χ1n) is 7.67. The van der Waals surface area contributed by atoms with Crippen LogP contribution >= 0.6 is 0 Å². The molecule has 0 bridgehead atoms. The van der Waals surface area contributed by atoms with Gasteiger partial charge in [0.2, 0.25) is 0 Å². The van der Waals surface area contributed by atoms with Gasteiger partial charge in [-0.2, -0.15) is 5.10 Å². The van der Waals surface area contributed by atoms with Crippen molar-refractivity contribution in [1.82, 2.24) is 29.6 Å². The number of pyridine rings is 2. The Morgan fingerprint density at radius 3 is 2.75 bits per heavy atom. The minimum atomic E-state index is -0.0700. The van der Waals surface area contributed by atoms with Gasteiger partial charge in [0, 0.05) is 24.0 Å². The highest BCUT2D eigenvalue weighted by atomic mass is 16.2. The first-order chi connectivity index (χ1) is 11.6. The molecule has 0 saturated carbocycles. The lowest BCUT2D eigenvalue weighted by Crippen LogP contribution is -2.36. The van der Waals surface area contributed by atoms with Crippen LogP contribution in [0.2, 0.25) is 0 Å². The number of carbonyl (C=O) groups is 1. The van der Waals surface area contributed by atoms with Crippen LogP contribution in [0.15, 0.2) is 55.4 Å². The number of carbonyl (C=O) groups excluding carboxylic acids is 1. The van der Waals surface area contributed by atoms with Crippen LogP contribution in [0.3, 0.4) is 0 Å². The van der Waals surface area contributed by atoms with Crippen molar-refractivity contribution in [2.75, 3.05) is 0 Å². The van der Waals surface area contributed by atoms with Crippen molar-refractivity contribution in [3.8, 4) is 5.82 Å². The van der Waals surface area contributed by atoms with Crippen LogP contribution in [0, 0.1) is 0 Å². The third kappa shape index (κ3) is 3.45. The number of rotatable bonds is 5. The Kier molecular flexibility index (Phi) is 4.60. The van der Waals surface area contributed by atoms with Gasteiger partial charge in [0.25, 0.3) is 5.91 Å². The summed E-state index contributed by atoms with van der Waals surface area (Å²) in [7, 11) is 0. The molecule has 0 N–H and O–H groups in total. The van der Waals surface area contributed by atoms with Crippen molar-refractivity contribution >= 4 is 5.91 Å². The smallest absolute Gasteiger partial charge is 0.254 e. The predicted octanol–water partition coefficient (Wildman–Crippen LogP) is 2.11. The molecule has 24 heavy (non-hydrogen) atoms. The highest BCUT2D eigenvalue weighted by molar-refractivity contribution is 5.94. The maximum atomic E-state index is 12.9. The second-order valence-electron chi connectivity index (χ2n) is 5.59. The zero-order chi connectivity index (χ0) is 16.9. The summed E-state index contributed by atoms with van der Waals surface area (Å²) >= 11 is 0. The molecular formula is C17H18N6O. The van der Waals surface area contributed by atoms with Gasteiger partial charge in [0.05, 0.1) is 12.2 Å². The van der Waals surface area contributed by atoms with Crippen molar-refractivity contribution in [3.63, 3.8) is 0 Å². The second-order valence-corrected chi connectivity index (χ2v) is 5.59. The molecule has 122 valence electrons. The molecule has 0 aliphatic rings. The summed E-state index contributed by atoms with van der Waals surface area (Å²) in [6.45, 7) is 4.43. The molecule has 0 saturated heterocycles. The highest BCUT2D eigenvalue weighted by Crippen LogP contribution is 2.14. The van der Waals surface area contributed by atoms with Gasteiger partial charge in [0.1, 0.15) is 12.7 Å². The topological polar surface area (TPSA) is 76.8 Å². The minimum absolute atomic E-state index is 0.0440. The Hall–Kier alpha value is -3.09. The van der Waals surface area contributed by atoms with Gasteiger partial charge < -0.3 is 4.90 Å². The van der Waals surface area contributed by atoms with Gasteiger partial charge in [-0.15, -0.1) is 0 Å². The monoisotopic (exact) mass is 322 g/mol. The Bertz CT molecular complexity index is 801. The number of nitrogens with zero attached hydrogens (tertiary/aromatic N) is 6. The summed E-state index contributed by atoms with van der Waals surface area (Å²) in [6.07, 6.45) is 6.31. The Balaban J connectivity index is 1.86. The zero-order valence-electron chi connectivity index (χ0n) is 13.6. The van der Waals surface area contributed by atoms with Crippen molar-refractivity contribution in [2.45, 2.75) is 26.4 Å². The fraction of sp³-hybridized carbons (Fsp3) is 0.235. The second kappa shape index (κ2) is 6.99. The average Bonchev–Trinajstić information content (AvgIpc) is 3.14. The first-order valence-corrected chi connectivity index (χ1v) is 7.67. The molecule has 7 heteroatoms. The van der Waals surface area contributed by atoms with Gasteiger partial charge in [-0.25, -0.2) is 14.6 Å². The van der Waals surface area contributed by atoms with Gasteiger partial charge in [-0.1, -0.05) is 6.07 Å². The molecule has 3 rings (SSSR count). The Morgan fingerprint density at radius 1 is 1.21 bits per heavy atom. The van der Waals surface area contributed by atoms with Crippen LogP contribution in [-0.4, -0.2) is 41.6 Å². The lowest BCUT2D eigenvalue weighted by molar-refractivity contribution is 0.0687. The Labute approximate surface area is 140 Å². The lowest BCUT2D eigenvalue weighted by atomic mass is 10.2.